The number of benzene rings is 2. The quantitative estimate of drug-likeness (QED) is 0.772. The van der Waals surface area contributed by atoms with Gasteiger partial charge in [-0.05, 0) is 22.3 Å². The van der Waals surface area contributed by atoms with Crippen LogP contribution in [-0.4, -0.2) is 36.4 Å². The van der Waals surface area contributed by atoms with Gasteiger partial charge in [0.2, 0.25) is 5.91 Å². The molecule has 0 bridgehead atoms. The highest BCUT2D eigenvalue weighted by Crippen LogP contribution is 2.44. The number of ether oxygens (including phenoxy) is 1. The molecule has 3 rings (SSSR count). The lowest BCUT2D eigenvalue weighted by atomic mass is 9.98. The summed E-state index contributed by atoms with van der Waals surface area (Å²) in [4.78, 5) is 22.9. The molecule has 0 saturated carbocycles. The molecule has 0 saturated heterocycles. The Bertz CT molecular complexity index is 730. The SMILES string of the molecule is NC(=O)[C@H](CO)NC(=O)OCC1c2ccccc2-c2ccccc21. The maximum Gasteiger partial charge on any atom is 0.407 e. The predicted octanol–water partition coefficient (Wildman–Crippen LogP) is 1.37. The molecule has 1 atom stereocenters. The van der Waals surface area contributed by atoms with Crippen molar-refractivity contribution in [1.29, 1.82) is 0 Å². The van der Waals surface area contributed by atoms with Gasteiger partial charge in [-0.1, -0.05) is 48.5 Å². The summed E-state index contributed by atoms with van der Waals surface area (Å²) in [5, 5.41) is 11.3. The smallest absolute Gasteiger partial charge is 0.407 e. The fraction of sp³-hybridized carbons (Fsp3) is 0.222. The van der Waals surface area contributed by atoms with Crippen molar-refractivity contribution < 1.29 is 19.4 Å². The number of rotatable bonds is 5. The summed E-state index contributed by atoms with van der Waals surface area (Å²) in [6.07, 6.45) is -0.783. The standard InChI is InChI=1S/C18H18N2O4/c19-17(22)16(9-21)20-18(23)24-10-15-13-7-3-1-5-11(13)12-6-2-4-8-14(12)15/h1-8,15-16,21H,9-10H2,(H2,19,22)(H,20,23)/t16-/m0/s1. The summed E-state index contributed by atoms with van der Waals surface area (Å²) in [5.41, 5.74) is 9.53. The summed E-state index contributed by atoms with van der Waals surface area (Å²) in [7, 11) is 0. The largest absolute Gasteiger partial charge is 0.449 e. The normalized spacial score (nSPS) is 13.7. The van der Waals surface area contributed by atoms with Crippen LogP contribution in [0.5, 0.6) is 0 Å². The van der Waals surface area contributed by atoms with Gasteiger partial charge in [-0.2, -0.15) is 0 Å². The minimum atomic E-state index is -1.15. The highest BCUT2D eigenvalue weighted by atomic mass is 16.5. The average molecular weight is 326 g/mol. The van der Waals surface area contributed by atoms with Gasteiger partial charge < -0.3 is 20.9 Å². The summed E-state index contributed by atoms with van der Waals surface area (Å²) in [6, 6.07) is 14.8. The third-order valence-electron chi connectivity index (χ3n) is 4.16. The molecular weight excluding hydrogens is 308 g/mol. The van der Waals surface area contributed by atoms with Crippen molar-refractivity contribution in [3.05, 3.63) is 59.7 Å². The fourth-order valence-electron chi connectivity index (χ4n) is 2.99. The van der Waals surface area contributed by atoms with E-state index in [0.717, 1.165) is 22.3 Å². The molecule has 6 heteroatoms. The summed E-state index contributed by atoms with van der Waals surface area (Å²) in [5.74, 6) is -0.879. The Morgan fingerprint density at radius 2 is 1.62 bits per heavy atom. The molecule has 2 aromatic rings. The van der Waals surface area contributed by atoms with Gasteiger partial charge in [0.05, 0.1) is 6.61 Å². The first-order valence-electron chi connectivity index (χ1n) is 7.63. The van der Waals surface area contributed by atoms with E-state index in [1.807, 2.05) is 48.5 Å². The zero-order valence-electron chi connectivity index (χ0n) is 12.9. The van der Waals surface area contributed by atoms with E-state index in [4.69, 9.17) is 15.6 Å². The zero-order valence-corrected chi connectivity index (χ0v) is 12.9. The molecule has 2 aromatic carbocycles. The molecule has 0 aromatic heterocycles. The second-order valence-corrected chi connectivity index (χ2v) is 5.61. The van der Waals surface area contributed by atoms with E-state index in [-0.39, 0.29) is 12.5 Å². The first-order chi connectivity index (χ1) is 11.6. The Labute approximate surface area is 139 Å². The maximum absolute atomic E-state index is 11.8. The third kappa shape index (κ3) is 2.96. The van der Waals surface area contributed by atoms with Gasteiger partial charge in [0.15, 0.2) is 0 Å². The van der Waals surface area contributed by atoms with E-state index in [9.17, 15) is 9.59 Å². The van der Waals surface area contributed by atoms with Crippen LogP contribution < -0.4 is 11.1 Å². The molecule has 24 heavy (non-hydrogen) atoms. The van der Waals surface area contributed by atoms with E-state index in [1.165, 1.54) is 0 Å². The number of carbonyl (C=O) groups is 2. The van der Waals surface area contributed by atoms with Crippen molar-refractivity contribution in [3.63, 3.8) is 0 Å². The lowest BCUT2D eigenvalue weighted by molar-refractivity contribution is -0.120. The van der Waals surface area contributed by atoms with Crippen molar-refractivity contribution in [2.24, 2.45) is 5.73 Å². The van der Waals surface area contributed by atoms with Crippen molar-refractivity contribution in [3.8, 4) is 11.1 Å². The summed E-state index contributed by atoms with van der Waals surface area (Å²) < 4.78 is 5.25. The van der Waals surface area contributed by atoms with Gasteiger partial charge in [0, 0.05) is 5.92 Å². The molecule has 0 unspecified atom stereocenters. The predicted molar refractivity (Wildman–Crippen MR) is 88.3 cm³/mol. The number of nitrogens with one attached hydrogen (secondary N) is 1. The number of primary amides is 1. The molecule has 1 aliphatic rings. The number of carbonyl (C=O) groups excluding carboxylic acids is 2. The lowest BCUT2D eigenvalue weighted by Crippen LogP contribution is -2.47. The highest BCUT2D eigenvalue weighted by Gasteiger charge is 2.29. The topological polar surface area (TPSA) is 102 Å². The third-order valence-corrected chi connectivity index (χ3v) is 4.16. The van der Waals surface area contributed by atoms with E-state index in [2.05, 4.69) is 5.32 Å². The molecule has 6 nitrogen and oxygen atoms in total. The lowest BCUT2D eigenvalue weighted by Gasteiger charge is -2.16. The molecule has 124 valence electrons. The van der Waals surface area contributed by atoms with Crippen molar-refractivity contribution in [1.82, 2.24) is 5.32 Å². The van der Waals surface area contributed by atoms with Crippen molar-refractivity contribution >= 4 is 12.0 Å². The molecule has 0 heterocycles. The van der Waals surface area contributed by atoms with Gasteiger partial charge in [-0.25, -0.2) is 4.79 Å². The Kier molecular flexibility index (Phi) is 4.48. The Morgan fingerprint density at radius 1 is 1.08 bits per heavy atom. The van der Waals surface area contributed by atoms with Crippen LogP contribution in [0, 0.1) is 0 Å². The van der Waals surface area contributed by atoms with Crippen LogP contribution in [0.4, 0.5) is 4.79 Å². The molecule has 1 aliphatic carbocycles. The maximum atomic E-state index is 11.8. The number of aliphatic hydroxyl groups excluding tert-OH is 1. The number of fused-ring (bicyclic) bond motifs is 3. The van der Waals surface area contributed by atoms with Crippen LogP contribution in [0.3, 0.4) is 0 Å². The number of alkyl carbamates (subject to hydrolysis) is 1. The molecule has 0 radical (unpaired) electrons. The number of amides is 2. The second kappa shape index (κ2) is 6.72. The van der Waals surface area contributed by atoms with Gasteiger partial charge in [0.25, 0.3) is 0 Å². The summed E-state index contributed by atoms with van der Waals surface area (Å²) >= 11 is 0. The van der Waals surface area contributed by atoms with Crippen LogP contribution >= 0.6 is 0 Å². The highest BCUT2D eigenvalue weighted by molar-refractivity contribution is 5.84. The number of aliphatic hydroxyl groups is 1. The molecule has 4 N–H and O–H groups in total. The first-order valence-corrected chi connectivity index (χ1v) is 7.63. The van der Waals surface area contributed by atoms with E-state index in [1.54, 1.807) is 0 Å². The first kappa shape index (κ1) is 16.0. The monoisotopic (exact) mass is 326 g/mol. The van der Waals surface area contributed by atoms with Gasteiger partial charge in [-0.15, -0.1) is 0 Å². The molecule has 2 amide bonds. The minimum Gasteiger partial charge on any atom is -0.449 e. The Morgan fingerprint density at radius 3 is 2.12 bits per heavy atom. The number of hydrogen-bond donors (Lipinski definition) is 3. The van der Waals surface area contributed by atoms with Crippen molar-refractivity contribution in [2.75, 3.05) is 13.2 Å². The van der Waals surface area contributed by atoms with Crippen LogP contribution in [0.1, 0.15) is 17.0 Å². The molecule has 0 fully saturated rings. The Hall–Kier alpha value is -2.86. The number of hydrogen-bond acceptors (Lipinski definition) is 4. The van der Waals surface area contributed by atoms with E-state index >= 15 is 0 Å². The van der Waals surface area contributed by atoms with Gasteiger partial charge in [0.1, 0.15) is 12.6 Å². The van der Waals surface area contributed by atoms with Crippen LogP contribution in [0.2, 0.25) is 0 Å². The Balaban J connectivity index is 1.74. The van der Waals surface area contributed by atoms with E-state index in [0.29, 0.717) is 0 Å². The van der Waals surface area contributed by atoms with Crippen LogP contribution in [-0.2, 0) is 9.53 Å². The number of nitrogens with two attached hydrogens (primary N) is 1. The summed E-state index contributed by atoms with van der Waals surface area (Å²) in [6.45, 7) is -0.434. The second-order valence-electron chi connectivity index (χ2n) is 5.61. The molecule has 0 spiro atoms. The fourth-order valence-corrected chi connectivity index (χ4v) is 2.99. The molecular formula is C18H18N2O4. The zero-order chi connectivity index (χ0) is 17.1. The van der Waals surface area contributed by atoms with Gasteiger partial charge in [-0.3, -0.25) is 4.79 Å². The molecule has 0 aliphatic heterocycles. The van der Waals surface area contributed by atoms with Gasteiger partial charge >= 0.3 is 6.09 Å². The van der Waals surface area contributed by atoms with E-state index < -0.39 is 24.6 Å². The van der Waals surface area contributed by atoms with Crippen LogP contribution in [0.15, 0.2) is 48.5 Å². The minimum absolute atomic E-state index is 0.0655. The van der Waals surface area contributed by atoms with Crippen LogP contribution in [0.25, 0.3) is 11.1 Å². The average Bonchev–Trinajstić information content (AvgIpc) is 2.91. The van der Waals surface area contributed by atoms with Crippen molar-refractivity contribution in [2.45, 2.75) is 12.0 Å².